The van der Waals surface area contributed by atoms with Gasteiger partial charge in [-0.05, 0) is 36.1 Å². The summed E-state index contributed by atoms with van der Waals surface area (Å²) in [5.74, 6) is 0.557. The lowest BCUT2D eigenvalue weighted by Gasteiger charge is -2.07. The normalized spacial score (nSPS) is 10.6. The summed E-state index contributed by atoms with van der Waals surface area (Å²) in [5, 5.41) is 9.12. The number of amides is 1. The van der Waals surface area contributed by atoms with Crippen LogP contribution < -0.4 is 5.32 Å². The van der Waals surface area contributed by atoms with Crippen molar-refractivity contribution in [2.24, 2.45) is 0 Å². The first-order chi connectivity index (χ1) is 10.6. The van der Waals surface area contributed by atoms with Crippen LogP contribution in [0.4, 0.5) is 5.69 Å². The molecule has 0 bridgehead atoms. The van der Waals surface area contributed by atoms with Crippen molar-refractivity contribution in [1.82, 2.24) is 10.1 Å². The molecular formula is C15H12ClN3O2S. The average molecular weight is 334 g/mol. The fraction of sp³-hybridized carbons (Fsp3) is 0.133. The van der Waals surface area contributed by atoms with Crippen LogP contribution in [-0.2, 0) is 11.2 Å². The van der Waals surface area contributed by atoms with Crippen molar-refractivity contribution in [2.45, 2.75) is 13.3 Å². The van der Waals surface area contributed by atoms with Gasteiger partial charge in [0.15, 0.2) is 5.82 Å². The van der Waals surface area contributed by atoms with E-state index < -0.39 is 0 Å². The molecule has 2 aromatic heterocycles. The molecule has 0 aliphatic rings. The summed E-state index contributed by atoms with van der Waals surface area (Å²) >= 11 is 7.43. The largest absolute Gasteiger partial charge is 0.333 e. The number of benzene rings is 1. The van der Waals surface area contributed by atoms with Gasteiger partial charge >= 0.3 is 0 Å². The summed E-state index contributed by atoms with van der Waals surface area (Å²) in [6.07, 6.45) is 0.0425. The summed E-state index contributed by atoms with van der Waals surface area (Å²) in [5.41, 5.74) is 1.62. The van der Waals surface area contributed by atoms with Gasteiger partial charge < -0.3 is 9.84 Å². The molecule has 1 amide bonds. The van der Waals surface area contributed by atoms with Gasteiger partial charge in [-0.15, -0.1) is 11.3 Å². The Kier molecular flexibility index (Phi) is 4.22. The summed E-state index contributed by atoms with van der Waals surface area (Å²) in [4.78, 5) is 17.2. The molecule has 22 heavy (non-hydrogen) atoms. The van der Waals surface area contributed by atoms with Crippen molar-refractivity contribution >= 4 is 34.5 Å². The minimum atomic E-state index is -0.219. The van der Waals surface area contributed by atoms with Gasteiger partial charge in [0.25, 0.3) is 5.89 Å². The van der Waals surface area contributed by atoms with Crippen LogP contribution in [0.5, 0.6) is 0 Å². The number of aryl methyl sites for hydroxylation is 1. The molecule has 2 heterocycles. The fourth-order valence-electron chi connectivity index (χ4n) is 1.89. The average Bonchev–Trinajstić information content (AvgIpc) is 3.13. The Labute approximate surface area is 135 Å². The molecule has 0 saturated carbocycles. The smallest absolute Gasteiger partial charge is 0.267 e. The van der Waals surface area contributed by atoms with E-state index in [1.165, 1.54) is 11.3 Å². The number of anilines is 1. The van der Waals surface area contributed by atoms with Crippen molar-refractivity contribution in [3.05, 3.63) is 52.1 Å². The molecule has 0 unspecified atom stereocenters. The molecule has 1 N–H and O–H groups in total. The number of nitrogens with one attached hydrogen (secondary N) is 1. The number of carbonyl (C=O) groups is 1. The van der Waals surface area contributed by atoms with E-state index in [2.05, 4.69) is 15.5 Å². The highest BCUT2D eigenvalue weighted by Gasteiger charge is 2.13. The van der Waals surface area contributed by atoms with Crippen molar-refractivity contribution < 1.29 is 9.32 Å². The monoisotopic (exact) mass is 333 g/mol. The van der Waals surface area contributed by atoms with Gasteiger partial charge in [0.05, 0.1) is 11.3 Å². The van der Waals surface area contributed by atoms with E-state index >= 15 is 0 Å². The van der Waals surface area contributed by atoms with Gasteiger partial charge in [-0.3, -0.25) is 4.79 Å². The van der Waals surface area contributed by atoms with Gasteiger partial charge in [0, 0.05) is 10.7 Å². The Morgan fingerprint density at radius 2 is 2.27 bits per heavy atom. The maximum atomic E-state index is 12.1. The summed E-state index contributed by atoms with van der Waals surface area (Å²) in [6, 6.07) is 9.12. The maximum Gasteiger partial charge on any atom is 0.267 e. The second kappa shape index (κ2) is 6.29. The number of hydrogen-bond donors (Lipinski definition) is 1. The molecule has 0 atom stereocenters. The van der Waals surface area contributed by atoms with Gasteiger partial charge in [0.2, 0.25) is 5.91 Å². The Balaban J connectivity index is 1.68. The third-order valence-electron chi connectivity index (χ3n) is 2.99. The standard InChI is InChI=1S/C15H12ClN3O2S/c1-9-4-5-10(16)7-11(9)17-14(20)8-13-18-15(21-19-13)12-3-2-6-22-12/h2-7H,8H2,1H3,(H,17,20). The second-order valence-corrected chi connectivity index (χ2v) is 6.06. The highest BCUT2D eigenvalue weighted by atomic mass is 35.5. The van der Waals surface area contributed by atoms with Crippen molar-refractivity contribution in [3.63, 3.8) is 0 Å². The predicted molar refractivity (Wildman–Crippen MR) is 86.1 cm³/mol. The Hall–Kier alpha value is -2.18. The van der Waals surface area contributed by atoms with Gasteiger partial charge in [-0.2, -0.15) is 4.98 Å². The van der Waals surface area contributed by atoms with Crippen LogP contribution in [0.15, 0.2) is 40.2 Å². The number of halogens is 1. The van der Waals surface area contributed by atoms with Crippen LogP contribution in [0, 0.1) is 6.92 Å². The minimum absolute atomic E-state index is 0.0425. The SMILES string of the molecule is Cc1ccc(Cl)cc1NC(=O)Cc1noc(-c2cccs2)n1. The van der Waals surface area contributed by atoms with E-state index in [0.29, 0.717) is 22.4 Å². The number of nitrogens with zero attached hydrogens (tertiary/aromatic N) is 2. The molecule has 0 radical (unpaired) electrons. The van der Waals surface area contributed by atoms with E-state index in [0.717, 1.165) is 10.4 Å². The zero-order chi connectivity index (χ0) is 15.5. The van der Waals surface area contributed by atoms with Gasteiger partial charge in [-0.25, -0.2) is 0 Å². The Morgan fingerprint density at radius 3 is 3.05 bits per heavy atom. The molecule has 5 nitrogen and oxygen atoms in total. The lowest BCUT2D eigenvalue weighted by molar-refractivity contribution is -0.115. The van der Waals surface area contributed by atoms with Gasteiger partial charge in [0.1, 0.15) is 0 Å². The fourth-order valence-corrected chi connectivity index (χ4v) is 2.71. The highest BCUT2D eigenvalue weighted by Crippen LogP contribution is 2.23. The van der Waals surface area contributed by atoms with Crippen molar-refractivity contribution in [3.8, 4) is 10.8 Å². The lowest BCUT2D eigenvalue weighted by Crippen LogP contribution is -2.15. The first kappa shape index (κ1) is 14.7. The molecule has 0 saturated heterocycles. The second-order valence-electron chi connectivity index (χ2n) is 4.68. The Morgan fingerprint density at radius 1 is 1.41 bits per heavy atom. The van der Waals surface area contributed by atoms with E-state index in [-0.39, 0.29) is 12.3 Å². The van der Waals surface area contributed by atoms with Crippen LogP contribution in [0.2, 0.25) is 5.02 Å². The Bertz CT molecular complexity index is 799. The molecule has 0 fully saturated rings. The predicted octanol–water partition coefficient (Wildman–Crippen LogP) is 3.94. The molecule has 3 aromatic rings. The van der Waals surface area contributed by atoms with Crippen LogP contribution in [-0.4, -0.2) is 16.0 Å². The molecule has 0 aliphatic carbocycles. The number of rotatable bonds is 4. The molecule has 0 aliphatic heterocycles. The van der Waals surface area contributed by atoms with Crippen molar-refractivity contribution in [1.29, 1.82) is 0 Å². The number of aromatic nitrogens is 2. The van der Waals surface area contributed by atoms with E-state index in [4.69, 9.17) is 16.1 Å². The maximum absolute atomic E-state index is 12.1. The topological polar surface area (TPSA) is 68.0 Å². The molecular weight excluding hydrogens is 322 g/mol. The van der Waals surface area contributed by atoms with E-state index in [1.54, 1.807) is 12.1 Å². The van der Waals surface area contributed by atoms with Crippen LogP contribution in [0.25, 0.3) is 10.8 Å². The van der Waals surface area contributed by atoms with Crippen LogP contribution in [0.3, 0.4) is 0 Å². The summed E-state index contributed by atoms with van der Waals surface area (Å²) in [7, 11) is 0. The molecule has 0 spiro atoms. The van der Waals surface area contributed by atoms with E-state index in [9.17, 15) is 4.79 Å². The summed E-state index contributed by atoms with van der Waals surface area (Å²) in [6.45, 7) is 1.90. The third kappa shape index (κ3) is 3.35. The number of thiophene rings is 1. The lowest BCUT2D eigenvalue weighted by atomic mass is 10.2. The first-order valence-corrected chi connectivity index (χ1v) is 7.80. The number of carbonyl (C=O) groups excluding carboxylic acids is 1. The molecule has 3 rings (SSSR count). The zero-order valence-electron chi connectivity index (χ0n) is 11.7. The van der Waals surface area contributed by atoms with Crippen molar-refractivity contribution in [2.75, 3.05) is 5.32 Å². The zero-order valence-corrected chi connectivity index (χ0v) is 13.2. The molecule has 1 aromatic carbocycles. The summed E-state index contributed by atoms with van der Waals surface area (Å²) < 4.78 is 5.15. The minimum Gasteiger partial charge on any atom is -0.333 e. The first-order valence-electron chi connectivity index (χ1n) is 6.54. The van der Waals surface area contributed by atoms with Crippen LogP contribution in [0.1, 0.15) is 11.4 Å². The highest BCUT2D eigenvalue weighted by molar-refractivity contribution is 7.13. The van der Waals surface area contributed by atoms with E-state index in [1.807, 2.05) is 30.5 Å². The van der Waals surface area contributed by atoms with Crippen LogP contribution >= 0.6 is 22.9 Å². The molecule has 7 heteroatoms. The van der Waals surface area contributed by atoms with Gasteiger partial charge in [-0.1, -0.05) is 28.9 Å². The third-order valence-corrected chi connectivity index (χ3v) is 4.09. The quantitative estimate of drug-likeness (QED) is 0.785. The number of hydrogen-bond acceptors (Lipinski definition) is 5. The molecule has 112 valence electrons.